The van der Waals surface area contributed by atoms with E-state index < -0.39 is 0 Å². The maximum absolute atomic E-state index is 12.2. The number of anilines is 1. The molecule has 1 aromatic heterocycles. The van der Waals surface area contributed by atoms with E-state index in [1.807, 2.05) is 0 Å². The highest BCUT2D eigenvalue weighted by Crippen LogP contribution is 2.42. The molecule has 1 heterocycles. The second kappa shape index (κ2) is 6.45. The maximum Gasteiger partial charge on any atom is 0.230 e. The number of methoxy groups -OCH3 is 1. The van der Waals surface area contributed by atoms with Crippen molar-refractivity contribution in [1.82, 2.24) is 10.2 Å². The molecule has 0 saturated heterocycles. The van der Waals surface area contributed by atoms with Crippen LogP contribution < -0.4 is 10.1 Å². The monoisotopic (exact) mass is 331 g/mol. The fourth-order valence-electron chi connectivity index (χ4n) is 2.25. The minimum atomic E-state index is -0.206. The van der Waals surface area contributed by atoms with Crippen LogP contribution in [0.2, 0.25) is 0 Å². The Morgan fingerprint density at radius 1 is 1.35 bits per heavy atom. The van der Waals surface area contributed by atoms with Crippen molar-refractivity contribution in [3.05, 3.63) is 34.3 Å². The predicted molar refractivity (Wildman–Crippen MR) is 87.2 cm³/mol. The van der Waals surface area contributed by atoms with Crippen LogP contribution in [-0.4, -0.2) is 29.0 Å². The molecule has 1 aromatic carbocycles. The van der Waals surface area contributed by atoms with Crippen molar-refractivity contribution in [2.45, 2.75) is 32.1 Å². The molecular formula is C16H17N3O3S. The Balaban J connectivity index is 1.70. The van der Waals surface area contributed by atoms with Gasteiger partial charge in [-0.15, -0.1) is 10.2 Å². The molecule has 1 aliphatic carbocycles. The van der Waals surface area contributed by atoms with Crippen molar-refractivity contribution < 1.29 is 14.3 Å². The minimum absolute atomic E-state index is 0.0486. The lowest BCUT2D eigenvalue weighted by atomic mass is 10.0. The summed E-state index contributed by atoms with van der Waals surface area (Å²) >= 11 is 1.42. The molecule has 6 nitrogen and oxygen atoms in total. The molecule has 7 heteroatoms. The van der Waals surface area contributed by atoms with Crippen LogP contribution in [0.15, 0.2) is 18.2 Å². The van der Waals surface area contributed by atoms with Crippen LogP contribution in [0.1, 0.15) is 46.6 Å². The van der Waals surface area contributed by atoms with E-state index in [0.717, 1.165) is 17.8 Å². The first-order chi connectivity index (χ1) is 11.1. The van der Waals surface area contributed by atoms with E-state index in [-0.39, 0.29) is 18.1 Å². The maximum atomic E-state index is 12.2. The second-order valence-electron chi connectivity index (χ2n) is 5.53. The van der Waals surface area contributed by atoms with E-state index in [1.54, 1.807) is 18.2 Å². The third kappa shape index (κ3) is 3.73. The lowest BCUT2D eigenvalue weighted by Gasteiger charge is -2.09. The number of amides is 1. The van der Waals surface area contributed by atoms with Gasteiger partial charge in [0.2, 0.25) is 11.0 Å². The molecule has 1 N–H and O–H groups in total. The molecule has 3 rings (SSSR count). The zero-order valence-corrected chi connectivity index (χ0v) is 13.8. The number of nitrogens with zero attached hydrogens (tertiary/aromatic N) is 2. The number of nitrogens with one attached hydrogen (secondary N) is 1. The van der Waals surface area contributed by atoms with Gasteiger partial charge in [-0.25, -0.2) is 0 Å². The minimum Gasteiger partial charge on any atom is -0.496 e. The Morgan fingerprint density at radius 2 is 2.13 bits per heavy atom. The van der Waals surface area contributed by atoms with Gasteiger partial charge >= 0.3 is 0 Å². The van der Waals surface area contributed by atoms with Crippen molar-refractivity contribution in [3.63, 3.8) is 0 Å². The zero-order valence-electron chi connectivity index (χ0n) is 13.0. The number of hydrogen-bond acceptors (Lipinski definition) is 6. The molecule has 120 valence electrons. The first kappa shape index (κ1) is 15.6. The molecule has 0 atom stereocenters. The van der Waals surface area contributed by atoms with E-state index in [0.29, 0.717) is 27.9 Å². The molecule has 23 heavy (non-hydrogen) atoms. The van der Waals surface area contributed by atoms with Gasteiger partial charge in [0, 0.05) is 17.0 Å². The summed E-state index contributed by atoms with van der Waals surface area (Å²) in [7, 11) is 1.54. The second-order valence-corrected chi connectivity index (χ2v) is 6.54. The van der Waals surface area contributed by atoms with Gasteiger partial charge in [0.1, 0.15) is 10.8 Å². The smallest absolute Gasteiger partial charge is 0.230 e. The summed E-state index contributed by atoms with van der Waals surface area (Å²) in [6, 6.07) is 5.08. The van der Waals surface area contributed by atoms with Crippen molar-refractivity contribution in [2.75, 3.05) is 12.4 Å². The van der Waals surface area contributed by atoms with Gasteiger partial charge in [-0.05, 0) is 38.0 Å². The van der Waals surface area contributed by atoms with Gasteiger partial charge in [-0.1, -0.05) is 11.3 Å². The van der Waals surface area contributed by atoms with Crippen LogP contribution >= 0.6 is 11.3 Å². The van der Waals surface area contributed by atoms with Crippen molar-refractivity contribution in [2.24, 2.45) is 0 Å². The van der Waals surface area contributed by atoms with Gasteiger partial charge in [-0.2, -0.15) is 0 Å². The number of ether oxygens (including phenoxy) is 1. The number of rotatable bonds is 6. The van der Waals surface area contributed by atoms with E-state index in [2.05, 4.69) is 15.5 Å². The fourth-order valence-corrected chi connectivity index (χ4v) is 3.18. The number of carbonyl (C=O) groups is 2. The number of ketones is 1. The molecule has 0 spiro atoms. The summed E-state index contributed by atoms with van der Waals surface area (Å²) in [6.07, 6.45) is 2.41. The SMILES string of the molecule is COc1ccc(C(C)=O)cc1CC(=O)Nc1nnc(C2CC2)s1. The van der Waals surface area contributed by atoms with Crippen molar-refractivity contribution in [1.29, 1.82) is 0 Å². The number of carbonyl (C=O) groups excluding carboxylic acids is 2. The molecule has 0 bridgehead atoms. The van der Waals surface area contributed by atoms with Crippen LogP contribution in [0.4, 0.5) is 5.13 Å². The summed E-state index contributed by atoms with van der Waals surface area (Å²) in [5.74, 6) is 0.849. The Bertz CT molecular complexity index is 753. The van der Waals surface area contributed by atoms with E-state index >= 15 is 0 Å². The summed E-state index contributed by atoms with van der Waals surface area (Å²) < 4.78 is 5.26. The van der Waals surface area contributed by atoms with Crippen LogP contribution in [0.25, 0.3) is 0 Å². The lowest BCUT2D eigenvalue weighted by Crippen LogP contribution is -2.15. The Hall–Kier alpha value is -2.28. The number of hydrogen-bond donors (Lipinski definition) is 1. The number of Topliss-reactive ketones (excluding diaryl/α,β-unsaturated/α-hetero) is 1. The average Bonchev–Trinajstić information content (AvgIpc) is 3.27. The third-order valence-electron chi connectivity index (χ3n) is 3.65. The highest BCUT2D eigenvalue weighted by Gasteiger charge is 2.27. The molecular weight excluding hydrogens is 314 g/mol. The predicted octanol–water partition coefficient (Wildman–Crippen LogP) is 2.81. The molecule has 0 aliphatic heterocycles. The normalized spacial score (nSPS) is 13.7. The molecule has 2 aromatic rings. The first-order valence-corrected chi connectivity index (χ1v) is 8.19. The highest BCUT2D eigenvalue weighted by molar-refractivity contribution is 7.15. The molecule has 1 amide bonds. The highest BCUT2D eigenvalue weighted by atomic mass is 32.1. The number of benzene rings is 1. The van der Waals surface area contributed by atoms with Gasteiger partial charge in [0.05, 0.1) is 13.5 Å². The van der Waals surface area contributed by atoms with Gasteiger partial charge in [0.25, 0.3) is 0 Å². The van der Waals surface area contributed by atoms with Gasteiger partial charge in [0.15, 0.2) is 5.78 Å². The standard InChI is InChI=1S/C16H17N3O3S/c1-9(20)11-5-6-13(22-2)12(7-11)8-14(21)17-16-19-18-15(23-16)10-3-4-10/h5-7,10H,3-4,8H2,1-2H3,(H,17,19,21). The third-order valence-corrected chi connectivity index (χ3v) is 4.65. The van der Waals surface area contributed by atoms with Crippen LogP contribution in [0.3, 0.4) is 0 Å². The molecule has 0 unspecified atom stereocenters. The van der Waals surface area contributed by atoms with E-state index in [9.17, 15) is 9.59 Å². The molecule has 0 radical (unpaired) electrons. The largest absolute Gasteiger partial charge is 0.496 e. The van der Waals surface area contributed by atoms with Crippen molar-refractivity contribution in [3.8, 4) is 5.75 Å². The zero-order chi connectivity index (χ0) is 16.4. The molecule has 1 aliphatic rings. The fraction of sp³-hybridized carbons (Fsp3) is 0.375. The quantitative estimate of drug-likeness (QED) is 0.823. The van der Waals surface area contributed by atoms with Crippen LogP contribution in [0.5, 0.6) is 5.75 Å². The van der Waals surface area contributed by atoms with Gasteiger partial charge in [-0.3, -0.25) is 9.59 Å². The Kier molecular flexibility index (Phi) is 4.38. The Morgan fingerprint density at radius 3 is 2.78 bits per heavy atom. The van der Waals surface area contributed by atoms with E-state index in [4.69, 9.17) is 4.74 Å². The summed E-state index contributed by atoms with van der Waals surface area (Å²) in [6.45, 7) is 1.49. The van der Waals surface area contributed by atoms with Crippen LogP contribution in [-0.2, 0) is 11.2 Å². The number of aromatic nitrogens is 2. The van der Waals surface area contributed by atoms with Crippen LogP contribution in [0, 0.1) is 0 Å². The Labute approximate surface area is 137 Å². The first-order valence-electron chi connectivity index (χ1n) is 7.38. The summed E-state index contributed by atoms with van der Waals surface area (Å²) in [5, 5.41) is 12.3. The topological polar surface area (TPSA) is 81.2 Å². The molecule has 1 saturated carbocycles. The lowest BCUT2D eigenvalue weighted by molar-refractivity contribution is -0.115. The van der Waals surface area contributed by atoms with Gasteiger partial charge < -0.3 is 10.1 Å². The average molecular weight is 331 g/mol. The van der Waals surface area contributed by atoms with Crippen molar-refractivity contribution >= 4 is 28.2 Å². The van der Waals surface area contributed by atoms with E-state index in [1.165, 1.54) is 25.4 Å². The summed E-state index contributed by atoms with van der Waals surface area (Å²) in [5.41, 5.74) is 1.23. The molecule has 1 fully saturated rings. The summed E-state index contributed by atoms with van der Waals surface area (Å²) in [4.78, 5) is 23.7.